The molecule has 31 heavy (non-hydrogen) atoms. The van der Waals surface area contributed by atoms with Crippen molar-refractivity contribution < 1.29 is 4.79 Å². The van der Waals surface area contributed by atoms with Gasteiger partial charge in [-0.15, -0.1) is 10.2 Å². The molecule has 2 heterocycles. The number of anilines is 1. The number of aromatic nitrogens is 5. The summed E-state index contributed by atoms with van der Waals surface area (Å²) in [5.74, 6) is 1.57. The van der Waals surface area contributed by atoms with Gasteiger partial charge >= 0.3 is 0 Å². The fourth-order valence-corrected chi connectivity index (χ4v) is 3.98. The van der Waals surface area contributed by atoms with Crippen LogP contribution in [0.15, 0.2) is 65.8 Å². The summed E-state index contributed by atoms with van der Waals surface area (Å²) in [6.07, 6.45) is 0. The molecule has 2 aromatic heterocycles. The first-order chi connectivity index (χ1) is 15.0. The Hall–Kier alpha value is -3.39. The van der Waals surface area contributed by atoms with Crippen molar-refractivity contribution in [2.75, 3.05) is 11.1 Å². The molecule has 4 aromatic rings. The third-order valence-electron chi connectivity index (χ3n) is 4.80. The predicted molar refractivity (Wildman–Crippen MR) is 123 cm³/mol. The molecule has 0 unspecified atom stereocenters. The second-order valence-corrected chi connectivity index (χ2v) is 8.30. The number of carbonyl (C=O) groups is 1. The van der Waals surface area contributed by atoms with Crippen LogP contribution in [0.2, 0.25) is 0 Å². The van der Waals surface area contributed by atoms with E-state index in [1.165, 1.54) is 17.3 Å². The first-order valence-electron chi connectivity index (χ1n) is 9.99. The maximum Gasteiger partial charge on any atom is 0.236 e. The number of amides is 1. The van der Waals surface area contributed by atoms with Crippen LogP contribution < -0.4 is 5.32 Å². The van der Waals surface area contributed by atoms with Crippen LogP contribution in [0.3, 0.4) is 0 Å². The van der Waals surface area contributed by atoms with Crippen LogP contribution in [-0.4, -0.2) is 36.2 Å². The van der Waals surface area contributed by atoms with E-state index in [0.717, 1.165) is 27.9 Å². The monoisotopic (exact) mass is 432 g/mol. The van der Waals surface area contributed by atoms with Crippen LogP contribution in [-0.2, 0) is 11.3 Å². The zero-order chi connectivity index (χ0) is 21.8. The molecule has 0 aliphatic carbocycles. The average Bonchev–Trinajstić information content (AvgIpc) is 3.30. The van der Waals surface area contributed by atoms with Crippen LogP contribution in [0.1, 0.15) is 22.6 Å². The van der Waals surface area contributed by atoms with Crippen molar-refractivity contribution in [2.24, 2.45) is 0 Å². The molecule has 0 saturated heterocycles. The van der Waals surface area contributed by atoms with E-state index in [2.05, 4.69) is 32.7 Å². The van der Waals surface area contributed by atoms with Crippen molar-refractivity contribution in [1.82, 2.24) is 24.5 Å². The first-order valence-corrected chi connectivity index (χ1v) is 11.0. The molecule has 0 aliphatic rings. The Morgan fingerprint density at radius 1 is 1.00 bits per heavy atom. The van der Waals surface area contributed by atoms with Crippen molar-refractivity contribution in [3.63, 3.8) is 0 Å². The van der Waals surface area contributed by atoms with Crippen molar-refractivity contribution in [3.8, 4) is 5.69 Å². The van der Waals surface area contributed by atoms with Crippen molar-refractivity contribution >= 4 is 23.5 Å². The summed E-state index contributed by atoms with van der Waals surface area (Å²) >= 11 is 1.37. The van der Waals surface area contributed by atoms with Gasteiger partial charge in [-0.05, 0) is 38.5 Å². The highest BCUT2D eigenvalue weighted by Gasteiger charge is 2.15. The molecule has 0 spiro atoms. The molecular weight excluding hydrogens is 408 g/mol. The summed E-state index contributed by atoms with van der Waals surface area (Å²) in [6, 6.07) is 20.0. The molecule has 0 aliphatic heterocycles. The minimum Gasteiger partial charge on any atom is -0.310 e. The number of thioether (sulfide) groups is 1. The van der Waals surface area contributed by atoms with E-state index in [-0.39, 0.29) is 11.7 Å². The van der Waals surface area contributed by atoms with E-state index in [4.69, 9.17) is 0 Å². The summed E-state index contributed by atoms with van der Waals surface area (Å²) in [5, 5.41) is 16.6. The summed E-state index contributed by atoms with van der Waals surface area (Å²) in [5.41, 5.74) is 4.07. The van der Waals surface area contributed by atoms with Gasteiger partial charge < -0.3 is 9.88 Å². The highest BCUT2D eigenvalue weighted by molar-refractivity contribution is 7.99. The van der Waals surface area contributed by atoms with Gasteiger partial charge in [-0.2, -0.15) is 5.10 Å². The van der Waals surface area contributed by atoms with Crippen molar-refractivity contribution in [1.29, 1.82) is 0 Å². The minimum absolute atomic E-state index is 0.120. The Labute approximate surface area is 185 Å². The molecule has 1 amide bonds. The van der Waals surface area contributed by atoms with Gasteiger partial charge in [-0.25, -0.2) is 4.68 Å². The van der Waals surface area contributed by atoms with Crippen LogP contribution >= 0.6 is 11.8 Å². The maximum absolute atomic E-state index is 12.7. The Kier molecular flexibility index (Phi) is 6.18. The van der Waals surface area contributed by atoms with E-state index in [1.807, 2.05) is 73.9 Å². The fraction of sp³-hybridized carbons (Fsp3) is 0.217. The number of nitrogens with one attached hydrogen (secondary N) is 1. The van der Waals surface area contributed by atoms with Gasteiger partial charge in [0, 0.05) is 6.07 Å². The zero-order valence-electron chi connectivity index (χ0n) is 17.7. The Morgan fingerprint density at radius 2 is 1.74 bits per heavy atom. The van der Waals surface area contributed by atoms with Gasteiger partial charge in [-0.1, -0.05) is 59.8 Å². The van der Waals surface area contributed by atoms with E-state index in [9.17, 15) is 4.79 Å². The normalized spacial score (nSPS) is 10.9. The number of aryl methyl sites for hydroxylation is 3. The fourth-order valence-electron chi connectivity index (χ4n) is 3.20. The van der Waals surface area contributed by atoms with Gasteiger partial charge in [-0.3, -0.25) is 4.79 Å². The van der Waals surface area contributed by atoms with Crippen LogP contribution in [0, 0.1) is 20.8 Å². The lowest BCUT2D eigenvalue weighted by molar-refractivity contribution is -0.113. The topological polar surface area (TPSA) is 77.6 Å². The Morgan fingerprint density at radius 3 is 2.48 bits per heavy atom. The molecular formula is C23H24N6OS. The molecule has 0 saturated carbocycles. The summed E-state index contributed by atoms with van der Waals surface area (Å²) < 4.78 is 3.77. The number of rotatable bonds is 7. The maximum atomic E-state index is 12.7. The molecule has 8 heteroatoms. The van der Waals surface area contributed by atoms with Crippen molar-refractivity contribution in [2.45, 2.75) is 32.5 Å². The Bertz CT molecular complexity index is 1180. The van der Waals surface area contributed by atoms with Gasteiger partial charge in [0.2, 0.25) is 5.91 Å². The zero-order valence-corrected chi connectivity index (χ0v) is 18.6. The SMILES string of the molecule is Cc1ccc(-n2nc(C)cc2NC(=O)CSc2nnc(C)n2Cc2ccccc2)cc1. The van der Waals surface area contributed by atoms with Crippen LogP contribution in [0.4, 0.5) is 5.82 Å². The van der Waals surface area contributed by atoms with E-state index < -0.39 is 0 Å². The summed E-state index contributed by atoms with van der Waals surface area (Å²) in [6.45, 7) is 6.53. The molecule has 7 nitrogen and oxygen atoms in total. The third kappa shape index (κ3) is 5.03. The van der Waals surface area contributed by atoms with Crippen LogP contribution in [0.5, 0.6) is 0 Å². The number of carbonyl (C=O) groups excluding carboxylic acids is 1. The average molecular weight is 433 g/mol. The molecule has 0 fully saturated rings. The Balaban J connectivity index is 1.44. The minimum atomic E-state index is -0.120. The lowest BCUT2D eigenvalue weighted by atomic mass is 10.2. The lowest BCUT2D eigenvalue weighted by Gasteiger charge is -2.10. The van der Waals surface area contributed by atoms with Gasteiger partial charge in [0.15, 0.2) is 5.16 Å². The van der Waals surface area contributed by atoms with E-state index >= 15 is 0 Å². The number of hydrogen-bond donors (Lipinski definition) is 1. The third-order valence-corrected chi connectivity index (χ3v) is 5.76. The second kappa shape index (κ2) is 9.18. The lowest BCUT2D eigenvalue weighted by Crippen LogP contribution is -2.17. The smallest absolute Gasteiger partial charge is 0.236 e. The highest BCUT2D eigenvalue weighted by atomic mass is 32.2. The molecule has 0 radical (unpaired) electrons. The first kappa shape index (κ1) is 20.9. The quantitative estimate of drug-likeness (QED) is 0.444. The molecule has 0 atom stereocenters. The second-order valence-electron chi connectivity index (χ2n) is 7.36. The van der Waals surface area contributed by atoms with E-state index in [1.54, 1.807) is 4.68 Å². The molecule has 1 N–H and O–H groups in total. The van der Waals surface area contributed by atoms with Crippen LogP contribution in [0.25, 0.3) is 5.69 Å². The number of benzene rings is 2. The summed E-state index contributed by atoms with van der Waals surface area (Å²) in [4.78, 5) is 12.7. The predicted octanol–water partition coefficient (Wildman–Crippen LogP) is 4.17. The molecule has 2 aromatic carbocycles. The van der Waals surface area contributed by atoms with Crippen molar-refractivity contribution in [3.05, 3.63) is 83.3 Å². The highest BCUT2D eigenvalue weighted by Crippen LogP contribution is 2.21. The molecule has 158 valence electrons. The van der Waals surface area contributed by atoms with E-state index in [0.29, 0.717) is 12.4 Å². The standard InChI is InChI=1S/C23H24N6OS/c1-16-9-11-20(12-10-16)29-21(13-17(2)27-29)24-22(30)15-31-23-26-25-18(3)28(23)14-19-7-5-4-6-8-19/h4-13H,14-15H2,1-3H3,(H,24,30). The van der Waals surface area contributed by atoms with Gasteiger partial charge in [0.05, 0.1) is 23.7 Å². The van der Waals surface area contributed by atoms with Gasteiger partial charge in [0.25, 0.3) is 0 Å². The molecule has 4 rings (SSSR count). The number of nitrogens with zero attached hydrogens (tertiary/aromatic N) is 5. The largest absolute Gasteiger partial charge is 0.310 e. The van der Waals surface area contributed by atoms with Gasteiger partial charge in [0.1, 0.15) is 11.6 Å². The molecule has 0 bridgehead atoms. The summed E-state index contributed by atoms with van der Waals surface area (Å²) in [7, 11) is 0. The number of hydrogen-bond acceptors (Lipinski definition) is 5.